The Kier molecular flexibility index (Phi) is 3.85. The third-order valence-corrected chi connectivity index (χ3v) is 4.90. The second kappa shape index (κ2) is 5.57. The van der Waals surface area contributed by atoms with E-state index in [-0.39, 0.29) is 5.91 Å². The molecule has 3 aliphatic heterocycles. The van der Waals surface area contributed by atoms with Crippen LogP contribution in [0.1, 0.15) is 38.5 Å². The van der Waals surface area contributed by atoms with Crippen LogP contribution in [0.5, 0.6) is 0 Å². The fourth-order valence-electron chi connectivity index (χ4n) is 3.77. The number of piperidine rings is 3. The molecule has 4 fully saturated rings. The Bertz CT molecular complexity index is 293. The van der Waals surface area contributed by atoms with Crippen molar-refractivity contribution in [2.75, 3.05) is 26.2 Å². The zero-order valence-corrected chi connectivity index (χ0v) is 11.2. The van der Waals surface area contributed by atoms with Gasteiger partial charge in [-0.3, -0.25) is 4.79 Å². The molecular weight excluding hydrogens is 226 g/mol. The predicted octanol–water partition coefficient (Wildman–Crippen LogP) is 0.729. The molecule has 3 saturated heterocycles. The van der Waals surface area contributed by atoms with Crippen LogP contribution in [0.2, 0.25) is 0 Å². The monoisotopic (exact) mass is 251 g/mol. The van der Waals surface area contributed by atoms with Crippen molar-refractivity contribution in [2.24, 2.45) is 5.92 Å². The highest BCUT2D eigenvalue weighted by Crippen LogP contribution is 2.27. The number of rotatable bonds is 4. The molecule has 1 aliphatic carbocycles. The highest BCUT2D eigenvalue weighted by Gasteiger charge is 2.33. The molecule has 2 bridgehead atoms. The highest BCUT2D eigenvalue weighted by molar-refractivity contribution is 5.78. The molecule has 0 aromatic heterocycles. The number of fused-ring (bicyclic) bond motifs is 3. The van der Waals surface area contributed by atoms with E-state index < -0.39 is 0 Å². The van der Waals surface area contributed by atoms with E-state index in [0.717, 1.165) is 12.5 Å². The molecule has 4 aliphatic rings. The maximum absolute atomic E-state index is 11.9. The molecule has 102 valence electrons. The number of carbonyl (C=O) groups excluding carboxylic acids is 1. The molecule has 1 saturated carbocycles. The van der Waals surface area contributed by atoms with E-state index in [1.807, 2.05) is 0 Å². The largest absolute Gasteiger partial charge is 0.352 e. The molecule has 4 rings (SSSR count). The molecule has 1 unspecified atom stereocenters. The Balaban J connectivity index is 1.39. The Hall–Kier alpha value is -0.610. The molecule has 3 heterocycles. The van der Waals surface area contributed by atoms with Gasteiger partial charge in [0, 0.05) is 18.6 Å². The van der Waals surface area contributed by atoms with Crippen LogP contribution < -0.4 is 10.6 Å². The van der Waals surface area contributed by atoms with Gasteiger partial charge in [0.05, 0.1) is 6.54 Å². The number of nitrogens with one attached hydrogen (secondary N) is 2. The second-order valence-corrected chi connectivity index (χ2v) is 6.17. The normalized spacial score (nSPS) is 35.9. The lowest BCUT2D eigenvalue weighted by Crippen LogP contribution is -2.57. The maximum atomic E-state index is 11.9. The molecular formula is C14H25N3O. The molecule has 1 atom stereocenters. The molecule has 1 amide bonds. The van der Waals surface area contributed by atoms with Crippen LogP contribution in [0.4, 0.5) is 0 Å². The molecule has 2 N–H and O–H groups in total. The number of amides is 1. The van der Waals surface area contributed by atoms with E-state index in [1.165, 1.54) is 51.6 Å². The maximum Gasteiger partial charge on any atom is 0.234 e. The van der Waals surface area contributed by atoms with Crippen molar-refractivity contribution >= 4 is 5.91 Å². The van der Waals surface area contributed by atoms with Crippen molar-refractivity contribution in [3.05, 3.63) is 0 Å². The van der Waals surface area contributed by atoms with Crippen LogP contribution in [0.3, 0.4) is 0 Å². The van der Waals surface area contributed by atoms with Crippen molar-refractivity contribution in [2.45, 2.75) is 50.6 Å². The van der Waals surface area contributed by atoms with Gasteiger partial charge in [0.15, 0.2) is 0 Å². The van der Waals surface area contributed by atoms with Crippen molar-refractivity contribution in [3.8, 4) is 0 Å². The second-order valence-electron chi connectivity index (χ2n) is 6.17. The molecule has 0 spiro atoms. The van der Waals surface area contributed by atoms with Crippen molar-refractivity contribution in [1.82, 2.24) is 15.5 Å². The average Bonchev–Trinajstić information content (AvgIpc) is 2.91. The summed E-state index contributed by atoms with van der Waals surface area (Å²) in [6.45, 7) is 4.17. The fourth-order valence-corrected chi connectivity index (χ4v) is 3.77. The van der Waals surface area contributed by atoms with E-state index in [4.69, 9.17) is 0 Å². The first-order valence-corrected chi connectivity index (χ1v) is 7.56. The Morgan fingerprint density at radius 2 is 1.83 bits per heavy atom. The molecule has 4 nitrogen and oxygen atoms in total. The minimum atomic E-state index is 0.193. The predicted molar refractivity (Wildman–Crippen MR) is 71.4 cm³/mol. The van der Waals surface area contributed by atoms with Gasteiger partial charge in [0.2, 0.25) is 5.91 Å². The average molecular weight is 251 g/mol. The van der Waals surface area contributed by atoms with Crippen LogP contribution in [0, 0.1) is 5.92 Å². The summed E-state index contributed by atoms with van der Waals surface area (Å²) in [6.07, 6.45) is 7.51. The first-order chi connectivity index (χ1) is 8.81. The van der Waals surface area contributed by atoms with Gasteiger partial charge in [-0.25, -0.2) is 0 Å². The Labute approximate surface area is 109 Å². The molecule has 4 heteroatoms. The summed E-state index contributed by atoms with van der Waals surface area (Å²) in [5.41, 5.74) is 0. The SMILES string of the molecule is O=C(CNC1CN2CCC1CC2)NC1CCCC1. The van der Waals surface area contributed by atoms with Gasteiger partial charge >= 0.3 is 0 Å². The highest BCUT2D eigenvalue weighted by atomic mass is 16.2. The van der Waals surface area contributed by atoms with Crippen molar-refractivity contribution in [1.29, 1.82) is 0 Å². The number of hydrogen-bond acceptors (Lipinski definition) is 3. The fraction of sp³-hybridized carbons (Fsp3) is 0.929. The van der Waals surface area contributed by atoms with Gasteiger partial charge in [-0.05, 0) is 44.7 Å². The van der Waals surface area contributed by atoms with E-state index in [9.17, 15) is 4.79 Å². The van der Waals surface area contributed by atoms with Crippen molar-refractivity contribution in [3.63, 3.8) is 0 Å². The van der Waals surface area contributed by atoms with Crippen LogP contribution >= 0.6 is 0 Å². The first kappa shape index (κ1) is 12.4. The molecule has 0 aromatic carbocycles. The van der Waals surface area contributed by atoms with Gasteiger partial charge < -0.3 is 15.5 Å². The smallest absolute Gasteiger partial charge is 0.234 e. The quantitative estimate of drug-likeness (QED) is 0.774. The third kappa shape index (κ3) is 2.86. The number of nitrogens with zero attached hydrogens (tertiary/aromatic N) is 1. The van der Waals surface area contributed by atoms with E-state index >= 15 is 0 Å². The zero-order valence-electron chi connectivity index (χ0n) is 11.2. The lowest BCUT2D eigenvalue weighted by molar-refractivity contribution is -0.121. The van der Waals surface area contributed by atoms with Gasteiger partial charge in [0.1, 0.15) is 0 Å². The standard InChI is InChI=1S/C14H25N3O/c18-14(16-12-3-1-2-4-12)9-15-13-10-17-7-5-11(13)6-8-17/h11-13,15H,1-10H2,(H,16,18). The van der Waals surface area contributed by atoms with Crippen LogP contribution in [0.15, 0.2) is 0 Å². The summed E-state index contributed by atoms with van der Waals surface area (Å²) in [4.78, 5) is 14.4. The lowest BCUT2D eigenvalue weighted by Gasteiger charge is -2.45. The van der Waals surface area contributed by atoms with Gasteiger partial charge in [0.25, 0.3) is 0 Å². The number of hydrogen-bond donors (Lipinski definition) is 2. The van der Waals surface area contributed by atoms with Gasteiger partial charge in [-0.2, -0.15) is 0 Å². The summed E-state index contributed by atoms with van der Waals surface area (Å²) in [5, 5.41) is 6.62. The summed E-state index contributed by atoms with van der Waals surface area (Å²) in [6, 6.07) is 0.993. The Morgan fingerprint density at radius 3 is 2.44 bits per heavy atom. The summed E-state index contributed by atoms with van der Waals surface area (Å²) >= 11 is 0. The summed E-state index contributed by atoms with van der Waals surface area (Å²) in [5.74, 6) is 0.993. The van der Waals surface area contributed by atoms with E-state index in [2.05, 4.69) is 15.5 Å². The molecule has 0 aromatic rings. The van der Waals surface area contributed by atoms with Gasteiger partial charge in [-0.1, -0.05) is 12.8 Å². The Morgan fingerprint density at radius 1 is 1.11 bits per heavy atom. The summed E-state index contributed by atoms with van der Waals surface area (Å²) in [7, 11) is 0. The van der Waals surface area contributed by atoms with Crippen molar-refractivity contribution < 1.29 is 4.79 Å². The van der Waals surface area contributed by atoms with Crippen LogP contribution in [-0.2, 0) is 4.79 Å². The summed E-state index contributed by atoms with van der Waals surface area (Å²) < 4.78 is 0. The third-order valence-electron chi connectivity index (χ3n) is 4.90. The molecule has 18 heavy (non-hydrogen) atoms. The van der Waals surface area contributed by atoms with E-state index in [1.54, 1.807) is 0 Å². The first-order valence-electron chi connectivity index (χ1n) is 7.56. The van der Waals surface area contributed by atoms with Crippen LogP contribution in [-0.4, -0.2) is 49.1 Å². The lowest BCUT2D eigenvalue weighted by atomic mass is 9.84. The van der Waals surface area contributed by atoms with E-state index in [0.29, 0.717) is 18.6 Å². The zero-order chi connectivity index (χ0) is 12.4. The minimum Gasteiger partial charge on any atom is -0.352 e. The topological polar surface area (TPSA) is 44.4 Å². The molecule has 0 radical (unpaired) electrons. The number of carbonyl (C=O) groups is 1. The van der Waals surface area contributed by atoms with Crippen LogP contribution in [0.25, 0.3) is 0 Å². The van der Waals surface area contributed by atoms with Gasteiger partial charge in [-0.15, -0.1) is 0 Å². The minimum absolute atomic E-state index is 0.193.